The fourth-order valence-corrected chi connectivity index (χ4v) is 2.39. The molecule has 0 aliphatic rings. The summed E-state index contributed by atoms with van der Waals surface area (Å²) in [5.74, 6) is 1.07. The number of hydrogen-bond donors (Lipinski definition) is 1. The monoisotopic (exact) mass is 329 g/mol. The fourth-order valence-electron chi connectivity index (χ4n) is 2.20. The zero-order chi connectivity index (χ0) is 16.1. The van der Waals surface area contributed by atoms with Crippen LogP contribution in [0.1, 0.15) is 12.8 Å². The fraction of sp³-hybridized carbons (Fsp3) is 0.176. The highest BCUT2D eigenvalue weighted by Gasteiger charge is 2.08. The second-order valence-corrected chi connectivity index (χ2v) is 5.42. The molecule has 0 unspecified atom stereocenters. The highest BCUT2D eigenvalue weighted by Crippen LogP contribution is 2.23. The van der Waals surface area contributed by atoms with E-state index in [9.17, 15) is 4.79 Å². The number of ether oxygens (including phenoxy) is 1. The first-order valence-corrected chi connectivity index (χ1v) is 7.71. The Labute approximate surface area is 138 Å². The topological polar surface area (TPSA) is 55.6 Å². The normalized spacial score (nSPS) is 10.7. The molecule has 0 atom stereocenters. The van der Waals surface area contributed by atoms with Gasteiger partial charge in [0, 0.05) is 12.6 Å². The predicted molar refractivity (Wildman–Crippen MR) is 90.0 cm³/mol. The maximum atomic E-state index is 12.0. The number of para-hydroxylation sites is 1. The van der Waals surface area contributed by atoms with Crippen molar-refractivity contribution in [3.63, 3.8) is 0 Å². The van der Waals surface area contributed by atoms with Gasteiger partial charge in [0.25, 0.3) is 0 Å². The largest absolute Gasteiger partial charge is 0.492 e. The van der Waals surface area contributed by atoms with E-state index < -0.39 is 0 Å². The quantitative estimate of drug-likeness (QED) is 0.700. The lowest BCUT2D eigenvalue weighted by atomic mass is 10.3. The van der Waals surface area contributed by atoms with Crippen LogP contribution in [-0.2, 0) is 4.79 Å². The molecular formula is C17H16ClN3O2. The summed E-state index contributed by atoms with van der Waals surface area (Å²) in [4.78, 5) is 16.2. The first-order valence-electron chi connectivity index (χ1n) is 7.33. The Balaban J connectivity index is 1.48. The molecule has 0 radical (unpaired) electrons. The van der Waals surface area contributed by atoms with E-state index in [1.54, 1.807) is 18.3 Å². The molecule has 0 bridgehead atoms. The lowest BCUT2D eigenvalue weighted by Crippen LogP contribution is -2.14. The average molecular weight is 330 g/mol. The van der Waals surface area contributed by atoms with Gasteiger partial charge < -0.3 is 4.74 Å². The van der Waals surface area contributed by atoms with Crippen molar-refractivity contribution >= 4 is 29.0 Å². The van der Waals surface area contributed by atoms with E-state index in [0.717, 1.165) is 5.52 Å². The van der Waals surface area contributed by atoms with Gasteiger partial charge in [0.1, 0.15) is 5.75 Å². The maximum Gasteiger partial charge on any atom is 0.226 e. The van der Waals surface area contributed by atoms with Crippen molar-refractivity contribution < 1.29 is 9.53 Å². The molecule has 6 heteroatoms. The molecule has 0 fully saturated rings. The summed E-state index contributed by atoms with van der Waals surface area (Å²) in [6, 6.07) is 13.0. The molecule has 0 saturated carbocycles. The maximum absolute atomic E-state index is 12.0. The highest BCUT2D eigenvalue weighted by atomic mass is 35.5. The first kappa shape index (κ1) is 15.4. The van der Waals surface area contributed by atoms with Crippen LogP contribution >= 0.6 is 11.6 Å². The minimum absolute atomic E-state index is 0.0934. The van der Waals surface area contributed by atoms with Crippen LogP contribution in [0.2, 0.25) is 5.02 Å². The number of rotatable bonds is 6. The molecule has 0 aliphatic heterocycles. The van der Waals surface area contributed by atoms with Gasteiger partial charge in [-0.15, -0.1) is 0 Å². The number of pyridine rings is 1. The number of anilines is 1. The number of benzene rings is 1. The summed E-state index contributed by atoms with van der Waals surface area (Å²) < 4.78 is 7.39. The molecule has 2 heterocycles. The number of nitrogens with one attached hydrogen (secondary N) is 1. The van der Waals surface area contributed by atoms with E-state index in [1.165, 1.54) is 0 Å². The Hall–Kier alpha value is -2.53. The number of carbonyl (C=O) groups is 1. The van der Waals surface area contributed by atoms with Crippen LogP contribution < -0.4 is 10.1 Å². The smallest absolute Gasteiger partial charge is 0.226 e. The molecule has 5 nitrogen and oxygen atoms in total. The predicted octanol–water partition coefficient (Wildman–Crippen LogP) is 3.79. The molecule has 3 rings (SSSR count). The molecule has 1 N–H and O–H groups in total. The van der Waals surface area contributed by atoms with Crippen LogP contribution in [0, 0.1) is 0 Å². The average Bonchev–Trinajstić information content (AvgIpc) is 2.96. The third-order valence-corrected chi connectivity index (χ3v) is 3.64. The molecule has 1 aromatic carbocycles. The van der Waals surface area contributed by atoms with Gasteiger partial charge in [0.05, 0.1) is 23.3 Å². The van der Waals surface area contributed by atoms with Crippen molar-refractivity contribution in [1.29, 1.82) is 0 Å². The van der Waals surface area contributed by atoms with E-state index in [0.29, 0.717) is 36.2 Å². The Morgan fingerprint density at radius 3 is 2.91 bits per heavy atom. The molecule has 23 heavy (non-hydrogen) atoms. The minimum Gasteiger partial charge on any atom is -0.492 e. The van der Waals surface area contributed by atoms with Crippen molar-refractivity contribution in [3.8, 4) is 5.75 Å². The highest BCUT2D eigenvalue weighted by molar-refractivity contribution is 6.32. The Bertz CT molecular complexity index is 816. The van der Waals surface area contributed by atoms with Crippen molar-refractivity contribution in [2.75, 3.05) is 11.9 Å². The second kappa shape index (κ2) is 7.15. The van der Waals surface area contributed by atoms with E-state index in [2.05, 4.69) is 10.3 Å². The van der Waals surface area contributed by atoms with Crippen LogP contribution in [0.5, 0.6) is 5.75 Å². The first-order chi connectivity index (χ1) is 11.2. The van der Waals surface area contributed by atoms with Gasteiger partial charge in [-0.05, 0) is 30.7 Å². The lowest BCUT2D eigenvalue weighted by molar-refractivity contribution is -0.116. The molecule has 0 saturated heterocycles. The van der Waals surface area contributed by atoms with Crippen LogP contribution in [0.15, 0.2) is 54.9 Å². The van der Waals surface area contributed by atoms with Crippen LogP contribution in [0.25, 0.3) is 5.52 Å². The van der Waals surface area contributed by atoms with Gasteiger partial charge in [-0.3, -0.25) is 14.5 Å². The van der Waals surface area contributed by atoms with Crippen molar-refractivity contribution in [1.82, 2.24) is 9.38 Å². The van der Waals surface area contributed by atoms with Crippen LogP contribution in [0.3, 0.4) is 0 Å². The zero-order valence-corrected chi connectivity index (χ0v) is 13.2. The summed E-state index contributed by atoms with van der Waals surface area (Å²) in [6.45, 7) is 0.430. The Morgan fingerprint density at radius 1 is 1.22 bits per heavy atom. The molecule has 3 aromatic rings. The van der Waals surface area contributed by atoms with Gasteiger partial charge in [0.2, 0.25) is 11.9 Å². The summed E-state index contributed by atoms with van der Waals surface area (Å²) >= 11 is 6.00. The van der Waals surface area contributed by atoms with E-state index >= 15 is 0 Å². The number of fused-ring (bicyclic) bond motifs is 1. The second-order valence-electron chi connectivity index (χ2n) is 5.01. The number of amides is 1. The number of aromatic nitrogens is 2. The van der Waals surface area contributed by atoms with E-state index in [1.807, 2.05) is 40.9 Å². The molecular weight excluding hydrogens is 314 g/mol. The van der Waals surface area contributed by atoms with Gasteiger partial charge in [-0.2, -0.15) is 0 Å². The zero-order valence-electron chi connectivity index (χ0n) is 12.4. The Morgan fingerprint density at radius 2 is 2.04 bits per heavy atom. The third-order valence-electron chi connectivity index (χ3n) is 3.33. The third kappa shape index (κ3) is 3.81. The minimum atomic E-state index is -0.0934. The lowest BCUT2D eigenvalue weighted by Gasteiger charge is -2.08. The standard InChI is InChI=1S/C17H16ClN3O2/c18-14-7-1-2-8-15(14)23-11-5-9-16(22)20-17-19-12-13-6-3-4-10-21(13)17/h1-4,6-8,10,12H,5,9,11H2,(H,19,20,22). The number of halogens is 1. The molecule has 0 aliphatic carbocycles. The molecule has 0 spiro atoms. The number of hydrogen-bond acceptors (Lipinski definition) is 3. The van der Waals surface area contributed by atoms with Gasteiger partial charge in [-0.1, -0.05) is 29.8 Å². The van der Waals surface area contributed by atoms with Crippen molar-refractivity contribution in [2.45, 2.75) is 12.8 Å². The van der Waals surface area contributed by atoms with Gasteiger partial charge >= 0.3 is 0 Å². The van der Waals surface area contributed by atoms with Crippen LogP contribution in [0.4, 0.5) is 5.95 Å². The van der Waals surface area contributed by atoms with Gasteiger partial charge in [-0.25, -0.2) is 4.98 Å². The number of imidazole rings is 1. The van der Waals surface area contributed by atoms with E-state index in [4.69, 9.17) is 16.3 Å². The Kier molecular flexibility index (Phi) is 4.78. The van der Waals surface area contributed by atoms with Crippen molar-refractivity contribution in [3.05, 3.63) is 59.9 Å². The number of carbonyl (C=O) groups excluding carboxylic acids is 1. The van der Waals surface area contributed by atoms with E-state index in [-0.39, 0.29) is 5.91 Å². The molecule has 118 valence electrons. The van der Waals surface area contributed by atoms with Crippen molar-refractivity contribution in [2.24, 2.45) is 0 Å². The number of nitrogens with zero attached hydrogens (tertiary/aromatic N) is 2. The SMILES string of the molecule is O=C(CCCOc1ccccc1Cl)Nc1ncc2ccccn12. The van der Waals surface area contributed by atoms with Crippen LogP contribution in [-0.4, -0.2) is 21.9 Å². The summed E-state index contributed by atoms with van der Waals surface area (Å²) in [7, 11) is 0. The summed E-state index contributed by atoms with van der Waals surface area (Å²) in [6.07, 6.45) is 4.53. The van der Waals surface area contributed by atoms with Gasteiger partial charge in [0.15, 0.2) is 0 Å². The molecule has 1 amide bonds. The summed E-state index contributed by atoms with van der Waals surface area (Å²) in [5, 5.41) is 3.38. The summed E-state index contributed by atoms with van der Waals surface area (Å²) in [5.41, 5.74) is 0.935. The molecule has 2 aromatic heterocycles.